The summed E-state index contributed by atoms with van der Waals surface area (Å²) in [6.45, 7) is 6.81. The maximum atomic E-state index is 15.1. The summed E-state index contributed by atoms with van der Waals surface area (Å²) in [7, 11) is 0. The fourth-order valence-electron chi connectivity index (χ4n) is 5.72. The van der Waals surface area contributed by atoms with Crippen molar-refractivity contribution in [3.8, 4) is 11.3 Å². The standard InChI is InChI=1S/C33H40F3N5O4/c1-21(42)38-13-12-33(3,4)31(41(30(44)20-45-22(2)43)18-24-15-37-16-28(24)36)32-39-29(26-14-25(34)10-11-27(26)35)19-40(32)17-23-8-6-5-7-9-23/h5-11,14,19,24,28,31,37H,12-13,15-18,20H2,1-4H3,(H,38,42). The van der Waals surface area contributed by atoms with Crippen molar-refractivity contribution in [2.75, 3.05) is 32.8 Å². The second-order valence-electron chi connectivity index (χ2n) is 12.1. The van der Waals surface area contributed by atoms with Crippen LogP contribution in [0.25, 0.3) is 11.3 Å². The van der Waals surface area contributed by atoms with Crippen molar-refractivity contribution < 1.29 is 32.3 Å². The molecule has 0 bridgehead atoms. The van der Waals surface area contributed by atoms with E-state index in [9.17, 15) is 18.8 Å². The van der Waals surface area contributed by atoms with E-state index in [1.54, 1.807) is 10.8 Å². The molecule has 4 rings (SSSR count). The van der Waals surface area contributed by atoms with Crippen molar-refractivity contribution in [1.82, 2.24) is 25.1 Å². The Labute approximate surface area is 261 Å². The van der Waals surface area contributed by atoms with E-state index in [1.807, 2.05) is 44.2 Å². The second-order valence-corrected chi connectivity index (χ2v) is 12.1. The Morgan fingerprint density at radius 1 is 1.13 bits per heavy atom. The number of nitrogens with one attached hydrogen (secondary N) is 2. The fraction of sp³-hybridized carbons (Fsp3) is 0.455. The van der Waals surface area contributed by atoms with Gasteiger partial charge in [-0.25, -0.2) is 18.2 Å². The quantitative estimate of drug-likeness (QED) is 0.272. The molecule has 2 N–H and O–H groups in total. The monoisotopic (exact) mass is 627 g/mol. The van der Waals surface area contributed by atoms with Gasteiger partial charge >= 0.3 is 5.97 Å². The number of amides is 2. The second kappa shape index (κ2) is 14.7. The topological polar surface area (TPSA) is 106 Å². The maximum Gasteiger partial charge on any atom is 0.303 e. The third-order valence-electron chi connectivity index (χ3n) is 8.06. The number of hydrogen-bond acceptors (Lipinski definition) is 6. The first kappa shape index (κ1) is 33.7. The molecule has 1 aliphatic rings. The molecule has 9 nitrogen and oxygen atoms in total. The van der Waals surface area contributed by atoms with Gasteiger partial charge in [-0.2, -0.15) is 0 Å². The van der Waals surface area contributed by atoms with Gasteiger partial charge in [-0.15, -0.1) is 0 Å². The molecule has 12 heteroatoms. The summed E-state index contributed by atoms with van der Waals surface area (Å²) in [4.78, 5) is 43.7. The number of carbonyl (C=O) groups is 3. The number of imidazole rings is 1. The van der Waals surface area contributed by atoms with E-state index in [-0.39, 0.29) is 43.3 Å². The molecule has 2 amide bonds. The summed E-state index contributed by atoms with van der Waals surface area (Å²) < 4.78 is 51.3. The van der Waals surface area contributed by atoms with Crippen LogP contribution in [0.4, 0.5) is 13.2 Å². The highest BCUT2D eigenvalue weighted by atomic mass is 19.1. The van der Waals surface area contributed by atoms with Gasteiger partial charge in [0.2, 0.25) is 5.91 Å². The Balaban J connectivity index is 1.91. The van der Waals surface area contributed by atoms with Crippen molar-refractivity contribution in [2.45, 2.75) is 52.9 Å². The number of hydrogen-bond donors (Lipinski definition) is 2. The highest BCUT2D eigenvalue weighted by Gasteiger charge is 2.43. The van der Waals surface area contributed by atoms with Gasteiger partial charge in [0.05, 0.1) is 11.7 Å². The van der Waals surface area contributed by atoms with Crippen molar-refractivity contribution in [1.29, 1.82) is 0 Å². The minimum atomic E-state index is -1.22. The molecule has 1 aliphatic heterocycles. The smallest absolute Gasteiger partial charge is 0.303 e. The molecule has 2 aromatic carbocycles. The number of aromatic nitrogens is 2. The van der Waals surface area contributed by atoms with Crippen LogP contribution in [0.1, 0.15) is 51.5 Å². The van der Waals surface area contributed by atoms with Crippen molar-refractivity contribution in [3.63, 3.8) is 0 Å². The molecular weight excluding hydrogens is 587 g/mol. The van der Waals surface area contributed by atoms with Gasteiger partial charge in [-0.3, -0.25) is 14.4 Å². The highest BCUT2D eigenvalue weighted by Crippen LogP contribution is 2.42. The minimum absolute atomic E-state index is 0.0235. The van der Waals surface area contributed by atoms with E-state index in [1.165, 1.54) is 18.7 Å². The number of carbonyl (C=O) groups excluding carboxylic acids is 3. The first-order chi connectivity index (χ1) is 21.4. The van der Waals surface area contributed by atoms with E-state index in [4.69, 9.17) is 9.72 Å². The van der Waals surface area contributed by atoms with Gasteiger partial charge < -0.3 is 24.8 Å². The van der Waals surface area contributed by atoms with E-state index in [0.29, 0.717) is 18.8 Å². The Morgan fingerprint density at radius 2 is 1.87 bits per heavy atom. The number of rotatable bonds is 13. The number of alkyl halides is 1. The molecule has 3 atom stereocenters. The summed E-state index contributed by atoms with van der Waals surface area (Å²) in [5.41, 5.74) is 0.168. The molecule has 0 radical (unpaired) electrons. The van der Waals surface area contributed by atoms with Gasteiger partial charge in [-0.1, -0.05) is 44.2 Å². The van der Waals surface area contributed by atoms with Gasteiger partial charge in [0.25, 0.3) is 5.91 Å². The van der Waals surface area contributed by atoms with E-state index < -0.39 is 53.7 Å². The van der Waals surface area contributed by atoms with Crippen LogP contribution in [0.3, 0.4) is 0 Å². The molecule has 1 aromatic heterocycles. The van der Waals surface area contributed by atoms with Gasteiger partial charge in [0, 0.05) is 64.2 Å². The molecule has 0 spiro atoms. The highest BCUT2D eigenvalue weighted by molar-refractivity contribution is 5.80. The van der Waals surface area contributed by atoms with Crippen LogP contribution in [0.2, 0.25) is 0 Å². The lowest BCUT2D eigenvalue weighted by atomic mass is 9.79. The number of benzene rings is 2. The Bertz CT molecular complexity index is 1500. The van der Waals surface area contributed by atoms with Crippen molar-refractivity contribution >= 4 is 17.8 Å². The first-order valence-electron chi connectivity index (χ1n) is 14.9. The zero-order valence-electron chi connectivity index (χ0n) is 26.0. The predicted octanol–water partition coefficient (Wildman–Crippen LogP) is 4.42. The van der Waals surface area contributed by atoms with Crippen LogP contribution in [0.15, 0.2) is 54.7 Å². The average Bonchev–Trinajstić information content (AvgIpc) is 3.58. The third kappa shape index (κ3) is 8.72. The lowest BCUT2D eigenvalue weighted by Gasteiger charge is -2.43. The van der Waals surface area contributed by atoms with Crippen LogP contribution in [-0.2, 0) is 25.7 Å². The molecule has 1 saturated heterocycles. The lowest BCUT2D eigenvalue weighted by Crippen LogP contribution is -2.49. The zero-order chi connectivity index (χ0) is 32.7. The molecule has 0 saturated carbocycles. The third-order valence-corrected chi connectivity index (χ3v) is 8.06. The Hall–Kier alpha value is -4.19. The van der Waals surface area contributed by atoms with Crippen molar-refractivity contribution in [2.24, 2.45) is 11.3 Å². The number of nitrogens with zero attached hydrogens (tertiary/aromatic N) is 3. The summed E-state index contributed by atoms with van der Waals surface area (Å²) >= 11 is 0. The Morgan fingerprint density at radius 3 is 2.51 bits per heavy atom. The summed E-state index contributed by atoms with van der Waals surface area (Å²) in [5.74, 6) is -2.95. The summed E-state index contributed by atoms with van der Waals surface area (Å²) in [5, 5.41) is 5.81. The fourth-order valence-corrected chi connectivity index (χ4v) is 5.72. The first-order valence-corrected chi connectivity index (χ1v) is 14.9. The molecule has 0 aliphatic carbocycles. The Kier molecular flexibility index (Phi) is 11.0. The van der Waals surface area contributed by atoms with Gasteiger partial charge in [0.15, 0.2) is 6.61 Å². The van der Waals surface area contributed by atoms with Gasteiger partial charge in [0.1, 0.15) is 23.6 Å². The normalized spacial score (nSPS) is 17.1. The molecule has 45 heavy (non-hydrogen) atoms. The van der Waals surface area contributed by atoms with Crippen molar-refractivity contribution in [3.05, 3.63) is 77.8 Å². The van der Waals surface area contributed by atoms with E-state index >= 15 is 8.78 Å². The van der Waals surface area contributed by atoms with Crippen LogP contribution < -0.4 is 10.6 Å². The number of esters is 1. The SMILES string of the molecule is CC(=O)NCCC(C)(C)C(c1nc(-c2cc(F)ccc2F)cn1Cc1ccccc1)N(CC1CNCC1F)C(=O)COC(C)=O. The molecule has 3 aromatic rings. The molecule has 242 valence electrons. The largest absolute Gasteiger partial charge is 0.456 e. The van der Waals surface area contributed by atoms with Crippen LogP contribution in [0, 0.1) is 23.0 Å². The van der Waals surface area contributed by atoms with Crippen LogP contribution >= 0.6 is 0 Å². The van der Waals surface area contributed by atoms with E-state index in [2.05, 4.69) is 10.6 Å². The molecule has 2 heterocycles. The molecule has 3 unspecified atom stereocenters. The minimum Gasteiger partial charge on any atom is -0.456 e. The number of ether oxygens (including phenoxy) is 1. The van der Waals surface area contributed by atoms with Gasteiger partial charge in [-0.05, 0) is 35.6 Å². The van der Waals surface area contributed by atoms with E-state index in [0.717, 1.165) is 23.8 Å². The average molecular weight is 628 g/mol. The predicted molar refractivity (Wildman–Crippen MR) is 163 cm³/mol. The summed E-state index contributed by atoms with van der Waals surface area (Å²) in [6, 6.07) is 11.7. The summed E-state index contributed by atoms with van der Waals surface area (Å²) in [6.07, 6.45) is 0.762. The molecular formula is C33H40F3N5O4. The zero-order valence-corrected chi connectivity index (χ0v) is 26.0. The van der Waals surface area contributed by atoms with Crippen LogP contribution in [0.5, 0.6) is 0 Å². The van der Waals surface area contributed by atoms with Crippen LogP contribution in [-0.4, -0.2) is 71.2 Å². The molecule has 1 fully saturated rings. The maximum absolute atomic E-state index is 15.1. The number of halogens is 3. The lowest BCUT2D eigenvalue weighted by molar-refractivity contribution is -0.153.